The molecule has 0 aromatic carbocycles. The average molecular weight is 583 g/mol. The SMILES string of the molecule is CCC(C)COC(C1CCCCC1)C(F)(F)C(O)C(F)(F)F.CCC(C)COCC(F)(F)C(O)C(F)(F)F. The molecule has 1 saturated carbocycles. The number of rotatable bonds is 13. The molecule has 0 amide bonds. The molecule has 2 N–H and O–H groups in total. The Hall–Kier alpha value is -0.860. The normalized spacial score (nSPS) is 20.2. The second-order valence-electron chi connectivity index (χ2n) is 10.0. The third kappa shape index (κ3) is 12.5. The summed E-state index contributed by atoms with van der Waals surface area (Å²) in [4.78, 5) is 0. The summed E-state index contributed by atoms with van der Waals surface area (Å²) in [5.74, 6) is -9.34. The van der Waals surface area contributed by atoms with Crippen molar-refractivity contribution in [3.63, 3.8) is 0 Å². The highest BCUT2D eigenvalue weighted by atomic mass is 19.4. The van der Waals surface area contributed by atoms with Crippen molar-refractivity contribution >= 4 is 0 Å². The number of hydrogen-bond donors (Lipinski definition) is 2. The van der Waals surface area contributed by atoms with E-state index >= 15 is 0 Å². The van der Waals surface area contributed by atoms with E-state index in [1.165, 1.54) is 0 Å². The Bertz CT molecular complexity index is 637. The molecule has 0 aliphatic heterocycles. The van der Waals surface area contributed by atoms with Crippen LogP contribution < -0.4 is 0 Å². The van der Waals surface area contributed by atoms with E-state index in [2.05, 4.69) is 4.74 Å². The number of ether oxygens (including phenoxy) is 2. The minimum atomic E-state index is -5.36. The van der Waals surface area contributed by atoms with E-state index in [-0.39, 0.29) is 25.0 Å². The highest BCUT2D eigenvalue weighted by Gasteiger charge is 2.61. The molecule has 1 aliphatic rings. The molecule has 0 heterocycles. The van der Waals surface area contributed by atoms with Crippen molar-refractivity contribution < 1.29 is 63.6 Å². The highest BCUT2D eigenvalue weighted by Crippen LogP contribution is 2.42. The van der Waals surface area contributed by atoms with Crippen molar-refractivity contribution in [2.45, 2.75) is 115 Å². The van der Waals surface area contributed by atoms with Crippen LogP contribution in [-0.2, 0) is 9.47 Å². The fraction of sp³-hybridized carbons (Fsp3) is 1.00. The average Bonchev–Trinajstić information content (AvgIpc) is 2.82. The van der Waals surface area contributed by atoms with Gasteiger partial charge in [0.15, 0.2) is 0 Å². The van der Waals surface area contributed by atoms with E-state index < -0.39 is 55.0 Å². The molecular formula is C24H40F10O4. The lowest BCUT2D eigenvalue weighted by Crippen LogP contribution is -2.55. The Balaban J connectivity index is 0.000000761. The molecule has 4 nitrogen and oxygen atoms in total. The summed E-state index contributed by atoms with van der Waals surface area (Å²) in [5.41, 5.74) is 0. The van der Waals surface area contributed by atoms with Gasteiger partial charge in [-0.15, -0.1) is 0 Å². The zero-order valence-corrected chi connectivity index (χ0v) is 22.0. The van der Waals surface area contributed by atoms with Crippen LogP contribution in [0.15, 0.2) is 0 Å². The predicted molar refractivity (Wildman–Crippen MR) is 120 cm³/mol. The third-order valence-corrected chi connectivity index (χ3v) is 6.49. The first-order valence-electron chi connectivity index (χ1n) is 12.7. The van der Waals surface area contributed by atoms with E-state index in [9.17, 15) is 43.9 Å². The summed E-state index contributed by atoms with van der Waals surface area (Å²) >= 11 is 0. The Kier molecular flexibility index (Phi) is 15.4. The lowest BCUT2D eigenvalue weighted by atomic mass is 9.81. The third-order valence-electron chi connectivity index (χ3n) is 6.49. The van der Waals surface area contributed by atoms with Gasteiger partial charge in [-0.2, -0.15) is 26.3 Å². The topological polar surface area (TPSA) is 58.9 Å². The molecule has 5 unspecified atom stereocenters. The molecule has 0 saturated heterocycles. The minimum absolute atomic E-state index is 0.0150. The van der Waals surface area contributed by atoms with Gasteiger partial charge in [0.05, 0.1) is 0 Å². The van der Waals surface area contributed by atoms with Crippen LogP contribution in [-0.4, -0.2) is 72.5 Å². The van der Waals surface area contributed by atoms with Crippen molar-refractivity contribution in [2.24, 2.45) is 17.8 Å². The number of hydrogen-bond acceptors (Lipinski definition) is 4. The van der Waals surface area contributed by atoms with Crippen LogP contribution in [0.1, 0.15) is 72.6 Å². The molecule has 1 fully saturated rings. The van der Waals surface area contributed by atoms with Gasteiger partial charge in [0, 0.05) is 13.2 Å². The lowest BCUT2D eigenvalue weighted by Gasteiger charge is -2.38. The molecule has 38 heavy (non-hydrogen) atoms. The van der Waals surface area contributed by atoms with Gasteiger partial charge in [-0.05, 0) is 30.6 Å². The van der Waals surface area contributed by atoms with Crippen molar-refractivity contribution in [2.75, 3.05) is 19.8 Å². The first-order chi connectivity index (χ1) is 17.2. The fourth-order valence-electron chi connectivity index (χ4n) is 3.59. The molecule has 14 heteroatoms. The highest BCUT2D eigenvalue weighted by molar-refractivity contribution is 4.94. The molecule has 0 aromatic rings. The Morgan fingerprint density at radius 2 is 1.16 bits per heavy atom. The van der Waals surface area contributed by atoms with Gasteiger partial charge in [-0.25, -0.2) is 17.6 Å². The molecule has 0 radical (unpaired) electrons. The number of alkyl halides is 10. The maximum Gasteiger partial charge on any atom is 0.420 e. The summed E-state index contributed by atoms with van der Waals surface area (Å²) in [6.45, 7) is 5.64. The molecule has 0 bridgehead atoms. The van der Waals surface area contributed by atoms with Crippen molar-refractivity contribution in [3.8, 4) is 0 Å². The Labute approximate surface area is 217 Å². The molecular weight excluding hydrogens is 542 g/mol. The van der Waals surface area contributed by atoms with Crippen LogP contribution in [0.4, 0.5) is 43.9 Å². The van der Waals surface area contributed by atoms with Crippen LogP contribution in [0.25, 0.3) is 0 Å². The number of aliphatic hydroxyl groups excluding tert-OH is 2. The molecule has 5 atom stereocenters. The van der Waals surface area contributed by atoms with Gasteiger partial charge >= 0.3 is 24.2 Å². The van der Waals surface area contributed by atoms with Crippen molar-refractivity contribution in [1.29, 1.82) is 0 Å². The smallest absolute Gasteiger partial charge is 0.379 e. The summed E-state index contributed by atoms with van der Waals surface area (Å²) in [6, 6.07) is 0. The second-order valence-corrected chi connectivity index (χ2v) is 10.0. The van der Waals surface area contributed by atoms with Gasteiger partial charge in [-0.3, -0.25) is 0 Å². The first kappa shape index (κ1) is 37.1. The van der Waals surface area contributed by atoms with E-state index in [0.29, 0.717) is 38.5 Å². The minimum Gasteiger partial charge on any atom is -0.379 e. The van der Waals surface area contributed by atoms with Crippen LogP contribution >= 0.6 is 0 Å². The van der Waals surface area contributed by atoms with Crippen LogP contribution in [0.3, 0.4) is 0 Å². The van der Waals surface area contributed by atoms with Crippen molar-refractivity contribution in [3.05, 3.63) is 0 Å². The van der Waals surface area contributed by atoms with E-state index in [0.717, 1.165) is 6.42 Å². The van der Waals surface area contributed by atoms with Gasteiger partial charge in [0.1, 0.15) is 12.7 Å². The Morgan fingerprint density at radius 3 is 1.58 bits per heavy atom. The summed E-state index contributed by atoms with van der Waals surface area (Å²) < 4.78 is 137. The van der Waals surface area contributed by atoms with E-state index in [4.69, 9.17) is 14.9 Å². The maximum atomic E-state index is 14.2. The zero-order valence-electron chi connectivity index (χ0n) is 22.0. The maximum absolute atomic E-state index is 14.2. The molecule has 230 valence electrons. The van der Waals surface area contributed by atoms with Gasteiger partial charge < -0.3 is 19.7 Å². The van der Waals surface area contributed by atoms with Crippen LogP contribution in [0.2, 0.25) is 0 Å². The largest absolute Gasteiger partial charge is 0.420 e. The van der Waals surface area contributed by atoms with Crippen molar-refractivity contribution in [1.82, 2.24) is 0 Å². The lowest BCUT2D eigenvalue weighted by molar-refractivity contribution is -0.303. The van der Waals surface area contributed by atoms with E-state index in [1.807, 2.05) is 6.92 Å². The molecule has 1 aliphatic carbocycles. The quantitative estimate of drug-likeness (QED) is 0.226. The van der Waals surface area contributed by atoms with Crippen LogP contribution in [0.5, 0.6) is 0 Å². The molecule has 0 aromatic heterocycles. The summed E-state index contributed by atoms with van der Waals surface area (Å²) in [7, 11) is 0. The fourth-order valence-corrected chi connectivity index (χ4v) is 3.59. The van der Waals surface area contributed by atoms with E-state index in [1.54, 1.807) is 20.8 Å². The number of aliphatic hydroxyl groups is 2. The van der Waals surface area contributed by atoms with Crippen LogP contribution in [0, 0.1) is 17.8 Å². The van der Waals surface area contributed by atoms with Gasteiger partial charge in [-0.1, -0.05) is 59.8 Å². The standard InChI is InChI=1S/C15H25F5O2.C9H15F5O2/c1-3-10(2)9-22-12(11-7-5-4-6-8-11)14(16,17)13(21)15(18,19)20;1-3-6(2)4-16-5-8(10,11)7(15)9(12,13)14/h10-13,21H,3-9H2,1-2H3;6-7,15H,3-5H2,1-2H3. The monoisotopic (exact) mass is 582 g/mol. The molecule has 0 spiro atoms. The Morgan fingerprint density at radius 1 is 0.711 bits per heavy atom. The first-order valence-corrected chi connectivity index (χ1v) is 12.7. The summed E-state index contributed by atoms with van der Waals surface area (Å²) in [6.07, 6.45) is -15.5. The number of halogens is 10. The molecule has 1 rings (SSSR count). The van der Waals surface area contributed by atoms with Gasteiger partial charge in [0.25, 0.3) is 0 Å². The second kappa shape index (κ2) is 15.8. The van der Waals surface area contributed by atoms with Gasteiger partial charge in [0.2, 0.25) is 12.2 Å². The predicted octanol–water partition coefficient (Wildman–Crippen LogP) is 7.16. The summed E-state index contributed by atoms with van der Waals surface area (Å²) in [5, 5.41) is 17.5. The zero-order chi connectivity index (χ0) is 29.9.